The van der Waals surface area contributed by atoms with E-state index in [-0.39, 0.29) is 0 Å². The molecule has 0 bridgehead atoms. The highest BCUT2D eigenvalue weighted by Gasteiger charge is 2.10. The number of hydrogen-bond acceptors (Lipinski definition) is 4. The van der Waals surface area contributed by atoms with Crippen molar-refractivity contribution in [2.24, 2.45) is 0 Å². The van der Waals surface area contributed by atoms with Gasteiger partial charge in [-0.2, -0.15) is 0 Å². The summed E-state index contributed by atoms with van der Waals surface area (Å²) in [5, 5.41) is 2.24. The van der Waals surface area contributed by atoms with Gasteiger partial charge in [-0.1, -0.05) is 13.3 Å². The molecule has 82 valence electrons. The summed E-state index contributed by atoms with van der Waals surface area (Å²) in [5.41, 5.74) is 4.43. The van der Waals surface area contributed by atoms with Crippen LogP contribution in [0.25, 0.3) is 0 Å². The largest absolute Gasteiger partial charge is 0.303 e. The summed E-state index contributed by atoms with van der Waals surface area (Å²) in [7, 11) is 0. The predicted molar refractivity (Wildman–Crippen MR) is 60.5 cm³/mol. The number of piperidine rings is 1. The fourth-order valence-electron chi connectivity index (χ4n) is 1.82. The normalized spacial score (nSPS) is 17.7. The molecule has 0 spiro atoms. The minimum atomic E-state index is 0.920. The lowest BCUT2D eigenvalue weighted by molar-refractivity contribution is 0.272. The Kier molecular flexibility index (Phi) is 3.50. The van der Waals surface area contributed by atoms with E-state index in [1.54, 1.807) is 6.33 Å². The van der Waals surface area contributed by atoms with E-state index in [1.165, 1.54) is 19.3 Å². The van der Waals surface area contributed by atoms with E-state index in [4.69, 9.17) is 0 Å². The van der Waals surface area contributed by atoms with Crippen LogP contribution in [0.4, 0.5) is 5.82 Å². The molecule has 4 heteroatoms. The Labute approximate surface area is 90.7 Å². The molecular weight excluding hydrogens is 188 g/mol. The molecule has 0 atom stereocenters. The number of rotatable bonds is 3. The molecule has 0 unspecified atom stereocenters. The van der Waals surface area contributed by atoms with E-state index in [2.05, 4.69) is 27.3 Å². The van der Waals surface area contributed by atoms with E-state index in [0.717, 1.165) is 31.0 Å². The molecule has 0 amide bonds. The average Bonchev–Trinajstić information content (AvgIpc) is 2.31. The number of nitrogens with zero attached hydrogens (tertiary/aromatic N) is 3. The Balaban J connectivity index is 1.96. The first-order valence-corrected chi connectivity index (χ1v) is 5.71. The van der Waals surface area contributed by atoms with Crippen molar-refractivity contribution in [3.8, 4) is 0 Å². The van der Waals surface area contributed by atoms with Crippen LogP contribution in [0.3, 0.4) is 0 Å². The Morgan fingerprint density at radius 1 is 1.27 bits per heavy atom. The van der Waals surface area contributed by atoms with Gasteiger partial charge in [-0.05, 0) is 19.3 Å². The van der Waals surface area contributed by atoms with Crippen LogP contribution in [0.1, 0.15) is 31.9 Å². The molecule has 2 heterocycles. The molecule has 4 nitrogen and oxygen atoms in total. The third-order valence-electron chi connectivity index (χ3n) is 2.71. The molecule has 0 radical (unpaired) electrons. The molecule has 0 aromatic carbocycles. The van der Waals surface area contributed by atoms with Crippen LogP contribution in [0.5, 0.6) is 0 Å². The number of hydrazine groups is 1. The van der Waals surface area contributed by atoms with E-state index in [9.17, 15) is 0 Å². The van der Waals surface area contributed by atoms with Gasteiger partial charge in [0.1, 0.15) is 12.1 Å². The fourth-order valence-corrected chi connectivity index (χ4v) is 1.82. The van der Waals surface area contributed by atoms with Crippen molar-refractivity contribution in [1.29, 1.82) is 0 Å². The Bertz CT molecular complexity index is 307. The lowest BCUT2D eigenvalue weighted by Crippen LogP contribution is -2.35. The molecule has 1 aromatic rings. The summed E-state index contributed by atoms with van der Waals surface area (Å²) in [4.78, 5) is 8.40. The highest BCUT2D eigenvalue weighted by molar-refractivity contribution is 5.33. The number of aryl methyl sites for hydroxylation is 1. The van der Waals surface area contributed by atoms with Gasteiger partial charge < -0.3 is 5.43 Å². The van der Waals surface area contributed by atoms with Gasteiger partial charge in [0.15, 0.2) is 0 Å². The first kappa shape index (κ1) is 10.4. The van der Waals surface area contributed by atoms with Crippen molar-refractivity contribution in [3.05, 3.63) is 18.1 Å². The maximum Gasteiger partial charge on any atom is 0.143 e. The van der Waals surface area contributed by atoms with Crippen molar-refractivity contribution >= 4 is 5.82 Å². The number of anilines is 1. The molecular formula is C11H18N4. The van der Waals surface area contributed by atoms with Crippen molar-refractivity contribution < 1.29 is 0 Å². The second-order valence-electron chi connectivity index (χ2n) is 3.91. The molecule has 1 saturated heterocycles. The Hall–Kier alpha value is -1.16. The van der Waals surface area contributed by atoms with Crippen LogP contribution in [0.15, 0.2) is 12.4 Å². The second-order valence-corrected chi connectivity index (χ2v) is 3.91. The summed E-state index contributed by atoms with van der Waals surface area (Å²) < 4.78 is 0. The van der Waals surface area contributed by atoms with Crippen molar-refractivity contribution in [2.45, 2.75) is 32.6 Å². The zero-order valence-corrected chi connectivity index (χ0v) is 9.24. The zero-order valence-electron chi connectivity index (χ0n) is 9.24. The maximum atomic E-state index is 4.22. The monoisotopic (exact) mass is 206 g/mol. The maximum absolute atomic E-state index is 4.22. The summed E-state index contributed by atoms with van der Waals surface area (Å²) in [6.45, 7) is 4.34. The van der Waals surface area contributed by atoms with Gasteiger partial charge >= 0.3 is 0 Å². The summed E-state index contributed by atoms with van der Waals surface area (Å²) in [6, 6.07) is 2.02. The van der Waals surface area contributed by atoms with Crippen LogP contribution in [0, 0.1) is 0 Å². The Morgan fingerprint density at radius 3 is 2.80 bits per heavy atom. The van der Waals surface area contributed by atoms with E-state index >= 15 is 0 Å². The van der Waals surface area contributed by atoms with Gasteiger partial charge in [-0.25, -0.2) is 15.0 Å². The van der Waals surface area contributed by atoms with Crippen LogP contribution < -0.4 is 5.43 Å². The molecule has 1 N–H and O–H groups in total. The first-order valence-electron chi connectivity index (χ1n) is 5.71. The zero-order chi connectivity index (χ0) is 10.5. The average molecular weight is 206 g/mol. The first-order chi connectivity index (χ1) is 7.38. The number of aromatic nitrogens is 2. The quantitative estimate of drug-likeness (QED) is 0.819. The minimum absolute atomic E-state index is 0.920. The van der Waals surface area contributed by atoms with Crippen LogP contribution in [-0.2, 0) is 6.42 Å². The van der Waals surface area contributed by atoms with Crippen molar-refractivity contribution in [3.63, 3.8) is 0 Å². The molecule has 0 aliphatic carbocycles. The van der Waals surface area contributed by atoms with E-state index < -0.39 is 0 Å². The molecule has 15 heavy (non-hydrogen) atoms. The number of hydrogen-bond donors (Lipinski definition) is 1. The lowest BCUT2D eigenvalue weighted by atomic mass is 10.2. The molecule has 1 fully saturated rings. The fraction of sp³-hybridized carbons (Fsp3) is 0.636. The minimum Gasteiger partial charge on any atom is -0.303 e. The van der Waals surface area contributed by atoms with Crippen LogP contribution >= 0.6 is 0 Å². The van der Waals surface area contributed by atoms with Crippen molar-refractivity contribution in [1.82, 2.24) is 15.0 Å². The molecule has 0 saturated carbocycles. The standard InChI is InChI=1S/C11H18N4/c1-2-10-8-11(13-9-12-10)14-15-6-4-3-5-7-15/h8-9H,2-7H2,1H3,(H,12,13,14). The van der Waals surface area contributed by atoms with Crippen LogP contribution in [0.2, 0.25) is 0 Å². The van der Waals surface area contributed by atoms with Gasteiger partial charge in [0.05, 0.1) is 0 Å². The molecule has 1 aliphatic heterocycles. The smallest absolute Gasteiger partial charge is 0.143 e. The SMILES string of the molecule is CCc1cc(NN2CCCCC2)ncn1. The van der Waals surface area contributed by atoms with E-state index in [1.807, 2.05) is 6.07 Å². The second kappa shape index (κ2) is 5.07. The predicted octanol–water partition coefficient (Wildman–Crippen LogP) is 1.85. The van der Waals surface area contributed by atoms with Crippen LogP contribution in [-0.4, -0.2) is 28.1 Å². The van der Waals surface area contributed by atoms with Gasteiger partial charge in [-0.3, -0.25) is 0 Å². The Morgan fingerprint density at radius 2 is 2.07 bits per heavy atom. The van der Waals surface area contributed by atoms with Gasteiger partial charge in [0.2, 0.25) is 0 Å². The molecule has 2 rings (SSSR count). The lowest BCUT2D eigenvalue weighted by Gasteiger charge is -2.27. The molecule has 1 aliphatic rings. The summed E-state index contributed by atoms with van der Waals surface area (Å²) in [5.74, 6) is 0.920. The van der Waals surface area contributed by atoms with E-state index in [0.29, 0.717) is 0 Å². The summed E-state index contributed by atoms with van der Waals surface area (Å²) in [6.07, 6.45) is 6.49. The van der Waals surface area contributed by atoms with Gasteiger partial charge in [0, 0.05) is 24.8 Å². The molecule has 1 aromatic heterocycles. The third-order valence-corrected chi connectivity index (χ3v) is 2.71. The van der Waals surface area contributed by atoms with Gasteiger partial charge in [0.25, 0.3) is 0 Å². The van der Waals surface area contributed by atoms with Gasteiger partial charge in [-0.15, -0.1) is 0 Å². The summed E-state index contributed by atoms with van der Waals surface area (Å²) >= 11 is 0. The topological polar surface area (TPSA) is 41.0 Å². The van der Waals surface area contributed by atoms with Crippen molar-refractivity contribution in [2.75, 3.05) is 18.5 Å². The highest BCUT2D eigenvalue weighted by Crippen LogP contribution is 2.11. The third kappa shape index (κ3) is 2.89. The highest BCUT2D eigenvalue weighted by atomic mass is 15.5. The number of nitrogens with one attached hydrogen (secondary N) is 1.